The normalized spacial score (nSPS) is 11.6. The Morgan fingerprint density at radius 2 is 1.68 bits per heavy atom. The van der Waals surface area contributed by atoms with Crippen LogP contribution in [0.1, 0.15) is 5.56 Å². The van der Waals surface area contributed by atoms with Crippen LogP contribution in [0.15, 0.2) is 59.5 Å². The number of benzene rings is 2. The highest BCUT2D eigenvalue weighted by Crippen LogP contribution is 2.20. The molecule has 0 heterocycles. The van der Waals surface area contributed by atoms with E-state index < -0.39 is 10.0 Å². The minimum absolute atomic E-state index is 0.234. The van der Waals surface area contributed by atoms with Gasteiger partial charge in [0.15, 0.2) is 0 Å². The van der Waals surface area contributed by atoms with E-state index in [0.29, 0.717) is 12.3 Å². The van der Waals surface area contributed by atoms with Crippen molar-refractivity contribution in [2.24, 2.45) is 5.73 Å². The molecule has 0 aliphatic carbocycles. The molecule has 2 N–H and O–H groups in total. The summed E-state index contributed by atoms with van der Waals surface area (Å²) >= 11 is 0. The third kappa shape index (κ3) is 3.85. The van der Waals surface area contributed by atoms with Gasteiger partial charge in [-0.15, -0.1) is 0 Å². The lowest BCUT2D eigenvalue weighted by atomic mass is 10.2. The second-order valence-corrected chi connectivity index (χ2v) is 6.73. The van der Waals surface area contributed by atoms with Crippen molar-refractivity contribution >= 4 is 10.0 Å². The number of nitrogens with zero attached hydrogens (tertiary/aromatic N) is 1. The topological polar surface area (TPSA) is 72.6 Å². The second kappa shape index (κ2) is 7.40. The standard InChI is InChI=1S/C16H20N2O3S/c1-21-15-7-9-16(10-8-15)22(19,20)18(12-11-17)13-14-5-3-2-4-6-14/h2-10H,11-13,17H2,1H3. The lowest BCUT2D eigenvalue weighted by Crippen LogP contribution is -2.34. The van der Waals surface area contributed by atoms with Gasteiger partial charge in [-0.05, 0) is 29.8 Å². The number of hydrogen-bond donors (Lipinski definition) is 1. The zero-order valence-electron chi connectivity index (χ0n) is 12.5. The van der Waals surface area contributed by atoms with E-state index >= 15 is 0 Å². The number of hydrogen-bond acceptors (Lipinski definition) is 4. The number of methoxy groups -OCH3 is 1. The van der Waals surface area contributed by atoms with Gasteiger partial charge in [-0.1, -0.05) is 30.3 Å². The summed E-state index contributed by atoms with van der Waals surface area (Å²) < 4.78 is 32.0. The van der Waals surface area contributed by atoms with Crippen molar-refractivity contribution < 1.29 is 13.2 Å². The van der Waals surface area contributed by atoms with Gasteiger partial charge < -0.3 is 10.5 Å². The minimum Gasteiger partial charge on any atom is -0.497 e. The summed E-state index contributed by atoms with van der Waals surface area (Å²) in [7, 11) is -2.05. The molecule has 0 atom stereocenters. The first kappa shape index (κ1) is 16.5. The molecule has 0 unspecified atom stereocenters. The fourth-order valence-corrected chi connectivity index (χ4v) is 3.55. The van der Waals surface area contributed by atoms with Crippen molar-refractivity contribution in [3.8, 4) is 5.75 Å². The van der Waals surface area contributed by atoms with Crippen molar-refractivity contribution in [1.29, 1.82) is 0 Å². The first-order chi connectivity index (χ1) is 10.6. The van der Waals surface area contributed by atoms with Crippen LogP contribution >= 0.6 is 0 Å². The van der Waals surface area contributed by atoms with Gasteiger partial charge >= 0.3 is 0 Å². The molecule has 22 heavy (non-hydrogen) atoms. The van der Waals surface area contributed by atoms with Crippen LogP contribution in [-0.2, 0) is 16.6 Å². The van der Waals surface area contributed by atoms with Crippen LogP contribution in [0.4, 0.5) is 0 Å². The third-order valence-electron chi connectivity index (χ3n) is 3.28. The van der Waals surface area contributed by atoms with Gasteiger partial charge in [-0.2, -0.15) is 4.31 Å². The van der Waals surface area contributed by atoms with Crippen LogP contribution in [-0.4, -0.2) is 32.9 Å². The fraction of sp³-hybridized carbons (Fsp3) is 0.250. The summed E-state index contributed by atoms with van der Waals surface area (Å²) in [6, 6.07) is 15.8. The average molecular weight is 320 g/mol. The molecule has 0 radical (unpaired) electrons. The molecule has 5 nitrogen and oxygen atoms in total. The maximum Gasteiger partial charge on any atom is 0.243 e. The molecule has 0 spiro atoms. The van der Waals surface area contributed by atoms with E-state index in [2.05, 4.69) is 0 Å². The minimum atomic E-state index is -3.59. The lowest BCUT2D eigenvalue weighted by molar-refractivity contribution is 0.410. The summed E-state index contributed by atoms with van der Waals surface area (Å²) in [6.07, 6.45) is 0. The number of ether oxygens (including phenoxy) is 1. The van der Waals surface area contributed by atoms with Gasteiger partial charge in [0.25, 0.3) is 0 Å². The van der Waals surface area contributed by atoms with Crippen molar-refractivity contribution in [3.05, 3.63) is 60.2 Å². The summed E-state index contributed by atoms with van der Waals surface area (Å²) in [5.41, 5.74) is 6.50. The average Bonchev–Trinajstić information content (AvgIpc) is 2.55. The quantitative estimate of drug-likeness (QED) is 0.845. The van der Waals surface area contributed by atoms with E-state index in [9.17, 15) is 8.42 Å². The first-order valence-corrected chi connectivity index (χ1v) is 8.40. The summed E-state index contributed by atoms with van der Waals surface area (Å²) in [4.78, 5) is 0.234. The van der Waals surface area contributed by atoms with Crippen LogP contribution in [0.3, 0.4) is 0 Å². The van der Waals surface area contributed by atoms with Crippen molar-refractivity contribution in [2.45, 2.75) is 11.4 Å². The van der Waals surface area contributed by atoms with Gasteiger partial charge in [0, 0.05) is 19.6 Å². The van der Waals surface area contributed by atoms with E-state index in [0.717, 1.165) is 5.56 Å². The molecule has 2 aromatic rings. The Labute approximate surface area is 131 Å². The highest BCUT2D eigenvalue weighted by molar-refractivity contribution is 7.89. The largest absolute Gasteiger partial charge is 0.497 e. The van der Waals surface area contributed by atoms with E-state index in [1.54, 1.807) is 31.4 Å². The Morgan fingerprint density at radius 1 is 1.05 bits per heavy atom. The highest BCUT2D eigenvalue weighted by Gasteiger charge is 2.24. The number of sulfonamides is 1. The zero-order chi connectivity index (χ0) is 16.0. The van der Waals surface area contributed by atoms with E-state index in [1.807, 2.05) is 30.3 Å². The molecule has 0 saturated heterocycles. The van der Waals surface area contributed by atoms with E-state index in [1.165, 1.54) is 4.31 Å². The summed E-state index contributed by atoms with van der Waals surface area (Å²) in [6.45, 7) is 0.831. The maximum atomic E-state index is 12.8. The molecule has 6 heteroatoms. The number of nitrogens with two attached hydrogens (primary N) is 1. The van der Waals surface area contributed by atoms with Crippen LogP contribution in [0.2, 0.25) is 0 Å². The first-order valence-electron chi connectivity index (χ1n) is 6.96. The third-order valence-corrected chi connectivity index (χ3v) is 5.14. The molecule has 0 fully saturated rings. The molecule has 0 bridgehead atoms. The lowest BCUT2D eigenvalue weighted by Gasteiger charge is -2.21. The molecular weight excluding hydrogens is 300 g/mol. The molecule has 0 aliphatic rings. The van der Waals surface area contributed by atoms with Gasteiger partial charge in [0.2, 0.25) is 10.0 Å². The van der Waals surface area contributed by atoms with Crippen molar-refractivity contribution in [2.75, 3.05) is 20.2 Å². The smallest absolute Gasteiger partial charge is 0.243 e. The SMILES string of the molecule is COc1ccc(S(=O)(=O)N(CCN)Cc2ccccc2)cc1. The van der Waals surface area contributed by atoms with Gasteiger partial charge in [0.1, 0.15) is 5.75 Å². The molecule has 0 aromatic heterocycles. The maximum absolute atomic E-state index is 12.8. The van der Waals surface area contributed by atoms with Gasteiger partial charge in [-0.3, -0.25) is 0 Å². The Kier molecular flexibility index (Phi) is 5.54. The molecule has 0 saturated carbocycles. The summed E-state index contributed by atoms with van der Waals surface area (Å²) in [5, 5.41) is 0. The van der Waals surface area contributed by atoms with Crippen molar-refractivity contribution in [3.63, 3.8) is 0 Å². The molecule has 2 rings (SSSR count). The van der Waals surface area contributed by atoms with Crippen LogP contribution in [0.5, 0.6) is 5.75 Å². The fourth-order valence-electron chi connectivity index (χ4n) is 2.11. The van der Waals surface area contributed by atoms with Crippen molar-refractivity contribution in [1.82, 2.24) is 4.31 Å². The molecule has 0 aliphatic heterocycles. The monoisotopic (exact) mass is 320 g/mol. The zero-order valence-corrected chi connectivity index (χ0v) is 13.3. The Balaban J connectivity index is 2.28. The Morgan fingerprint density at radius 3 is 2.23 bits per heavy atom. The Bertz CT molecular complexity index is 685. The second-order valence-electron chi connectivity index (χ2n) is 4.79. The Hall–Kier alpha value is -1.89. The summed E-state index contributed by atoms with van der Waals surface area (Å²) in [5.74, 6) is 0.618. The highest BCUT2D eigenvalue weighted by atomic mass is 32.2. The molecular formula is C16H20N2O3S. The van der Waals surface area contributed by atoms with Crippen LogP contribution in [0, 0.1) is 0 Å². The molecule has 118 valence electrons. The molecule has 2 aromatic carbocycles. The van der Waals surface area contributed by atoms with E-state index in [-0.39, 0.29) is 18.0 Å². The molecule has 0 amide bonds. The predicted molar refractivity (Wildman–Crippen MR) is 86.1 cm³/mol. The number of rotatable bonds is 7. The predicted octanol–water partition coefficient (Wildman–Crippen LogP) is 1.84. The van der Waals surface area contributed by atoms with Crippen LogP contribution in [0.25, 0.3) is 0 Å². The van der Waals surface area contributed by atoms with Crippen LogP contribution < -0.4 is 10.5 Å². The van der Waals surface area contributed by atoms with Gasteiger partial charge in [0.05, 0.1) is 12.0 Å². The van der Waals surface area contributed by atoms with Gasteiger partial charge in [-0.25, -0.2) is 8.42 Å². The van der Waals surface area contributed by atoms with E-state index in [4.69, 9.17) is 10.5 Å².